The van der Waals surface area contributed by atoms with Crippen molar-refractivity contribution in [2.75, 3.05) is 36.5 Å². The molecule has 1 aromatic heterocycles. The maximum absolute atomic E-state index is 14.7. The molecule has 0 bridgehead atoms. The number of anilines is 2. The normalized spacial score (nSPS) is 22.9. The summed E-state index contributed by atoms with van der Waals surface area (Å²) in [5, 5.41) is 4.53. The third-order valence-corrected chi connectivity index (χ3v) is 7.85. The van der Waals surface area contributed by atoms with Gasteiger partial charge in [-0.15, -0.1) is 0 Å². The van der Waals surface area contributed by atoms with E-state index >= 15 is 0 Å². The Morgan fingerprint density at radius 1 is 1.34 bits per heavy atom. The van der Waals surface area contributed by atoms with Crippen molar-refractivity contribution in [3.63, 3.8) is 0 Å². The number of ether oxygens (including phenoxy) is 1. The van der Waals surface area contributed by atoms with E-state index in [-0.39, 0.29) is 17.5 Å². The minimum Gasteiger partial charge on any atom is -0.377 e. The fourth-order valence-corrected chi connectivity index (χ4v) is 5.51. The van der Waals surface area contributed by atoms with Crippen LogP contribution < -0.4 is 15.5 Å². The van der Waals surface area contributed by atoms with Gasteiger partial charge < -0.3 is 20.3 Å². The van der Waals surface area contributed by atoms with Gasteiger partial charge in [-0.25, -0.2) is 19.2 Å². The van der Waals surface area contributed by atoms with E-state index in [2.05, 4.69) is 20.5 Å². The van der Waals surface area contributed by atoms with Crippen LogP contribution in [0.1, 0.15) is 37.3 Å². The molecule has 2 aromatic rings. The minimum absolute atomic E-state index is 0.0457. The number of halogens is 1. The van der Waals surface area contributed by atoms with Crippen molar-refractivity contribution in [1.29, 1.82) is 0 Å². The van der Waals surface area contributed by atoms with E-state index < -0.39 is 27.7 Å². The highest BCUT2D eigenvalue weighted by molar-refractivity contribution is 8.24. The highest BCUT2D eigenvalue weighted by Crippen LogP contribution is 2.63. The molecule has 32 heavy (non-hydrogen) atoms. The molecule has 3 heterocycles. The first-order chi connectivity index (χ1) is 15.2. The third kappa shape index (κ3) is 4.25. The first-order valence-electron chi connectivity index (χ1n) is 10.6. The van der Waals surface area contributed by atoms with E-state index in [0.717, 1.165) is 5.56 Å². The number of urea groups is 1. The Morgan fingerprint density at radius 2 is 2.12 bits per heavy atom. The molecule has 4 N–H and O–H groups in total. The second-order valence-corrected chi connectivity index (χ2v) is 10.5. The van der Waals surface area contributed by atoms with Crippen molar-refractivity contribution in [2.45, 2.75) is 37.8 Å². The predicted molar refractivity (Wildman–Crippen MR) is 123 cm³/mol. The number of nitrogens with one attached hydrogen (secondary N) is 2. The number of hydrogen-bond donors (Lipinski definition) is 4. The number of nitrogens with zero attached hydrogens (tertiary/aromatic N) is 3. The largest absolute Gasteiger partial charge is 0.377 e. The molecule has 2 atom stereocenters. The Morgan fingerprint density at radius 3 is 2.81 bits per heavy atom. The fourth-order valence-electron chi connectivity index (χ4n) is 4.02. The van der Waals surface area contributed by atoms with Crippen molar-refractivity contribution in [3.05, 3.63) is 35.3 Å². The van der Waals surface area contributed by atoms with Gasteiger partial charge in [-0.2, -0.15) is 10.6 Å². The maximum Gasteiger partial charge on any atom is 0.319 e. The molecule has 2 aliphatic rings. The van der Waals surface area contributed by atoms with Crippen LogP contribution in [-0.2, 0) is 10.5 Å². The molecule has 0 saturated carbocycles. The van der Waals surface area contributed by atoms with Gasteiger partial charge in [0.2, 0.25) is 0 Å². The number of rotatable bonds is 4. The Kier molecular flexibility index (Phi) is 6.26. The molecule has 2 aliphatic heterocycles. The monoisotopic (exact) mass is 465 g/mol. The van der Waals surface area contributed by atoms with E-state index in [1.165, 1.54) is 12.1 Å². The number of aromatic nitrogens is 2. The van der Waals surface area contributed by atoms with Crippen LogP contribution in [0.25, 0.3) is 11.4 Å². The Hall–Kier alpha value is -2.47. The van der Waals surface area contributed by atoms with Crippen molar-refractivity contribution < 1.29 is 23.0 Å². The average Bonchev–Trinajstić information content (AvgIpc) is 2.98. The van der Waals surface area contributed by atoms with Crippen molar-refractivity contribution in [3.8, 4) is 11.4 Å². The lowest BCUT2D eigenvalue weighted by Crippen LogP contribution is -2.44. The average molecular weight is 466 g/mol. The van der Waals surface area contributed by atoms with Crippen LogP contribution in [0, 0.1) is 5.82 Å². The number of benzene rings is 1. The molecule has 4 rings (SSSR count). The second-order valence-electron chi connectivity index (χ2n) is 8.03. The Bertz CT molecular complexity index is 1040. The van der Waals surface area contributed by atoms with Gasteiger partial charge in [0.1, 0.15) is 11.6 Å². The lowest BCUT2D eigenvalue weighted by molar-refractivity contribution is 0.0984. The molecule has 174 valence electrons. The van der Waals surface area contributed by atoms with Gasteiger partial charge in [-0.3, -0.25) is 9.11 Å². The molecule has 0 radical (unpaired) electrons. The summed E-state index contributed by atoms with van der Waals surface area (Å²) in [7, 11) is -2.88. The fraction of sp³-hybridized carbons (Fsp3) is 0.476. The number of fused-ring (bicyclic) bond motifs is 1. The quantitative estimate of drug-likeness (QED) is 0.539. The smallest absolute Gasteiger partial charge is 0.319 e. The van der Waals surface area contributed by atoms with Gasteiger partial charge in [0, 0.05) is 24.2 Å². The summed E-state index contributed by atoms with van der Waals surface area (Å²) >= 11 is 0. The zero-order valence-corrected chi connectivity index (χ0v) is 19.1. The Balaban J connectivity index is 1.75. The number of carbonyl (C=O) groups excluding carboxylic acids is 1. The highest BCUT2D eigenvalue weighted by atomic mass is 32.3. The first kappa shape index (κ1) is 22.7. The number of morpholine rings is 1. The molecule has 1 saturated heterocycles. The molecule has 1 unspecified atom stereocenters. The summed E-state index contributed by atoms with van der Waals surface area (Å²) in [5.41, 5.74) is 1.79. The van der Waals surface area contributed by atoms with E-state index in [4.69, 9.17) is 9.72 Å². The maximum atomic E-state index is 14.7. The Labute approximate surface area is 187 Å². The first-order valence-corrected chi connectivity index (χ1v) is 12.3. The van der Waals surface area contributed by atoms with Crippen LogP contribution >= 0.6 is 10.6 Å². The van der Waals surface area contributed by atoms with Gasteiger partial charge in [0.05, 0.1) is 41.6 Å². The second kappa shape index (κ2) is 8.81. The van der Waals surface area contributed by atoms with Crippen LogP contribution in [0.15, 0.2) is 18.2 Å². The van der Waals surface area contributed by atoms with Gasteiger partial charge in [0.25, 0.3) is 0 Å². The lowest BCUT2D eigenvalue weighted by atomic mass is 10.1. The van der Waals surface area contributed by atoms with Gasteiger partial charge in [-0.05, 0) is 39.0 Å². The summed E-state index contributed by atoms with van der Waals surface area (Å²) < 4.78 is 41.4. The highest BCUT2D eigenvalue weighted by Gasteiger charge is 2.40. The van der Waals surface area contributed by atoms with Crippen molar-refractivity contribution >= 4 is 28.1 Å². The standard InChI is InChI=1S/C21H28FN5O4S/c1-4-23-21(28)25-16-6-5-14(9-15(16)22)19-24-17-11-32(29,30)13(3)18(17)20(26-19)27-7-8-31-10-12(27)2/h5-6,9,12-13,29-30H,4,7-8,10-11H2,1-3H3,(H2,23,25,28)/t12-,13?/m0/s1. The third-order valence-electron chi connectivity index (χ3n) is 5.78. The molecule has 2 amide bonds. The molecule has 11 heteroatoms. The molecule has 1 aromatic carbocycles. The molecule has 0 spiro atoms. The van der Waals surface area contributed by atoms with Crippen LogP contribution in [0.3, 0.4) is 0 Å². The topological polar surface area (TPSA) is 120 Å². The summed E-state index contributed by atoms with van der Waals surface area (Å²) in [6.07, 6.45) is 0. The van der Waals surface area contributed by atoms with Gasteiger partial charge in [0.15, 0.2) is 5.82 Å². The summed E-state index contributed by atoms with van der Waals surface area (Å²) in [6.45, 7) is 7.68. The van der Waals surface area contributed by atoms with E-state index in [9.17, 15) is 18.3 Å². The molecule has 0 aliphatic carbocycles. The number of amides is 2. The molecular weight excluding hydrogens is 437 g/mol. The van der Waals surface area contributed by atoms with E-state index in [1.54, 1.807) is 19.9 Å². The number of hydrogen-bond acceptors (Lipinski definition) is 7. The summed E-state index contributed by atoms with van der Waals surface area (Å²) in [5.74, 6) is 0.363. The van der Waals surface area contributed by atoms with Gasteiger partial charge in [-0.1, -0.05) is 0 Å². The minimum atomic E-state index is -2.88. The zero-order chi connectivity index (χ0) is 23.0. The van der Waals surface area contributed by atoms with Gasteiger partial charge >= 0.3 is 6.03 Å². The molecular formula is C21H28FN5O4S. The lowest BCUT2D eigenvalue weighted by Gasteiger charge is -2.37. The van der Waals surface area contributed by atoms with Crippen molar-refractivity contribution in [1.82, 2.24) is 15.3 Å². The molecule has 1 fully saturated rings. The van der Waals surface area contributed by atoms with E-state index in [0.29, 0.717) is 49.2 Å². The van der Waals surface area contributed by atoms with Crippen LogP contribution in [-0.4, -0.2) is 57.4 Å². The van der Waals surface area contributed by atoms with Crippen LogP contribution in [0.5, 0.6) is 0 Å². The summed E-state index contributed by atoms with van der Waals surface area (Å²) in [6, 6.07) is 3.92. The molecule has 9 nitrogen and oxygen atoms in total. The van der Waals surface area contributed by atoms with E-state index in [1.807, 2.05) is 6.92 Å². The van der Waals surface area contributed by atoms with Crippen LogP contribution in [0.2, 0.25) is 0 Å². The predicted octanol–water partition coefficient (Wildman–Crippen LogP) is 3.97. The SMILES string of the molecule is CCNC(=O)Nc1ccc(-c2nc3c(c(N4CCOC[C@@H]4C)n2)C(C)S(O)(O)C3)cc1F. The van der Waals surface area contributed by atoms with Crippen LogP contribution in [0.4, 0.5) is 20.7 Å². The van der Waals surface area contributed by atoms with Crippen molar-refractivity contribution in [2.24, 2.45) is 0 Å². The summed E-state index contributed by atoms with van der Waals surface area (Å²) in [4.78, 5) is 23.1. The number of carbonyl (C=O) groups is 1. The zero-order valence-electron chi connectivity index (χ0n) is 18.3.